The minimum atomic E-state index is 0.332. The number of hydrogen-bond donors (Lipinski definition) is 0. The van der Waals surface area contributed by atoms with Crippen LogP contribution >= 0.6 is 0 Å². The summed E-state index contributed by atoms with van der Waals surface area (Å²) in [5.41, 5.74) is 5.29. The van der Waals surface area contributed by atoms with E-state index in [1.54, 1.807) is 0 Å². The van der Waals surface area contributed by atoms with Crippen molar-refractivity contribution in [3.05, 3.63) is 58.7 Å². The Hall–Kier alpha value is -2.62. The zero-order valence-corrected chi connectivity index (χ0v) is 18.3. The van der Waals surface area contributed by atoms with Crippen molar-refractivity contribution in [1.29, 1.82) is 10.5 Å². The van der Waals surface area contributed by atoms with Crippen molar-refractivity contribution in [2.75, 3.05) is 6.61 Å². The highest BCUT2D eigenvalue weighted by Crippen LogP contribution is 2.38. The van der Waals surface area contributed by atoms with E-state index in [1.165, 1.54) is 18.4 Å². The highest BCUT2D eigenvalue weighted by molar-refractivity contribution is 5.75. The number of benzene rings is 2. The Morgan fingerprint density at radius 1 is 0.867 bits per heavy atom. The van der Waals surface area contributed by atoms with Crippen LogP contribution in [0.1, 0.15) is 87.0 Å². The van der Waals surface area contributed by atoms with Crippen LogP contribution in [0.5, 0.6) is 0 Å². The molecule has 1 saturated carbocycles. The first kappa shape index (κ1) is 22.1. The van der Waals surface area contributed by atoms with Gasteiger partial charge in [0.05, 0.1) is 17.2 Å². The summed E-state index contributed by atoms with van der Waals surface area (Å²) < 4.78 is 5.91. The van der Waals surface area contributed by atoms with E-state index in [-0.39, 0.29) is 0 Å². The molecule has 0 N–H and O–H groups in total. The summed E-state index contributed by atoms with van der Waals surface area (Å²) in [5.74, 6) is 0.332. The maximum Gasteiger partial charge on any atom is 0.101 e. The minimum absolute atomic E-state index is 0.332. The van der Waals surface area contributed by atoms with Crippen molar-refractivity contribution in [3.8, 4) is 23.3 Å². The van der Waals surface area contributed by atoms with E-state index in [1.807, 2.05) is 6.07 Å². The van der Waals surface area contributed by atoms with Gasteiger partial charge in [-0.05, 0) is 67.6 Å². The van der Waals surface area contributed by atoms with Crippen molar-refractivity contribution in [2.45, 2.75) is 77.2 Å². The lowest BCUT2D eigenvalue weighted by atomic mass is 9.79. The average Bonchev–Trinajstić information content (AvgIpc) is 2.81. The molecule has 0 unspecified atom stereocenters. The monoisotopic (exact) mass is 400 g/mol. The second-order valence-electron chi connectivity index (χ2n) is 8.32. The highest BCUT2D eigenvalue weighted by atomic mass is 16.5. The molecular weight excluding hydrogens is 368 g/mol. The SMILES string of the molecule is CCCCc1ccc(-c2ccc(C3CCC(OCCC)CC3)c(C#N)c2C#N)cc1. The lowest BCUT2D eigenvalue weighted by Crippen LogP contribution is -2.21. The van der Waals surface area contributed by atoms with Gasteiger partial charge in [-0.15, -0.1) is 0 Å². The maximum atomic E-state index is 9.92. The number of nitrogens with zero attached hydrogens (tertiary/aromatic N) is 2. The average molecular weight is 401 g/mol. The van der Waals surface area contributed by atoms with Gasteiger partial charge in [0.15, 0.2) is 0 Å². The molecule has 0 spiro atoms. The summed E-state index contributed by atoms with van der Waals surface area (Å²) in [6, 6.07) is 17.3. The van der Waals surface area contributed by atoms with Gasteiger partial charge in [0.2, 0.25) is 0 Å². The van der Waals surface area contributed by atoms with E-state index in [0.29, 0.717) is 23.1 Å². The van der Waals surface area contributed by atoms with E-state index < -0.39 is 0 Å². The van der Waals surface area contributed by atoms with Crippen LogP contribution in [0.4, 0.5) is 0 Å². The molecule has 2 aromatic carbocycles. The molecule has 0 atom stereocenters. The zero-order chi connectivity index (χ0) is 21.3. The topological polar surface area (TPSA) is 56.8 Å². The molecule has 3 heteroatoms. The van der Waals surface area contributed by atoms with Crippen LogP contribution in [0, 0.1) is 22.7 Å². The van der Waals surface area contributed by atoms with E-state index >= 15 is 0 Å². The predicted molar refractivity (Wildman–Crippen MR) is 121 cm³/mol. The van der Waals surface area contributed by atoms with Crippen LogP contribution < -0.4 is 0 Å². The Balaban J connectivity index is 1.84. The molecule has 0 aliphatic heterocycles. The van der Waals surface area contributed by atoms with Gasteiger partial charge in [-0.3, -0.25) is 0 Å². The normalized spacial score (nSPS) is 18.5. The van der Waals surface area contributed by atoms with E-state index in [0.717, 1.165) is 61.8 Å². The third-order valence-electron chi connectivity index (χ3n) is 6.22. The summed E-state index contributed by atoms with van der Waals surface area (Å²) in [4.78, 5) is 0. The van der Waals surface area contributed by atoms with Gasteiger partial charge in [0.25, 0.3) is 0 Å². The maximum absolute atomic E-state index is 9.92. The first-order valence-corrected chi connectivity index (χ1v) is 11.4. The van der Waals surface area contributed by atoms with Gasteiger partial charge in [-0.25, -0.2) is 0 Å². The molecule has 0 aromatic heterocycles. The molecule has 1 aliphatic carbocycles. The van der Waals surface area contributed by atoms with Gasteiger partial charge in [0, 0.05) is 12.2 Å². The van der Waals surface area contributed by atoms with E-state index in [2.05, 4.69) is 56.3 Å². The zero-order valence-electron chi connectivity index (χ0n) is 18.3. The molecule has 0 heterocycles. The van der Waals surface area contributed by atoms with Crippen LogP contribution in [0.2, 0.25) is 0 Å². The quantitative estimate of drug-likeness (QED) is 0.484. The Bertz CT molecular complexity index is 910. The number of hydrogen-bond acceptors (Lipinski definition) is 3. The smallest absolute Gasteiger partial charge is 0.101 e. The third-order valence-corrected chi connectivity index (χ3v) is 6.22. The Labute approximate surface area is 181 Å². The summed E-state index contributed by atoms with van der Waals surface area (Å²) >= 11 is 0. The lowest BCUT2D eigenvalue weighted by molar-refractivity contribution is 0.0251. The first-order valence-electron chi connectivity index (χ1n) is 11.4. The lowest BCUT2D eigenvalue weighted by Gasteiger charge is -2.29. The number of ether oxygens (including phenoxy) is 1. The summed E-state index contributed by atoms with van der Waals surface area (Å²) in [6.07, 6.45) is 8.91. The molecule has 0 amide bonds. The van der Waals surface area contributed by atoms with Gasteiger partial charge in [0.1, 0.15) is 12.1 Å². The van der Waals surface area contributed by atoms with Crippen molar-refractivity contribution in [1.82, 2.24) is 0 Å². The second-order valence-corrected chi connectivity index (χ2v) is 8.32. The van der Waals surface area contributed by atoms with Crippen LogP contribution in [-0.2, 0) is 11.2 Å². The van der Waals surface area contributed by atoms with Crippen molar-refractivity contribution < 1.29 is 4.74 Å². The number of nitriles is 2. The van der Waals surface area contributed by atoms with Crippen LogP contribution in [0.25, 0.3) is 11.1 Å². The third kappa shape index (κ3) is 5.10. The fourth-order valence-electron chi connectivity index (χ4n) is 4.49. The Morgan fingerprint density at radius 3 is 2.17 bits per heavy atom. The molecule has 0 saturated heterocycles. The number of aryl methyl sites for hydroxylation is 1. The largest absolute Gasteiger partial charge is 0.378 e. The molecule has 3 nitrogen and oxygen atoms in total. The van der Waals surface area contributed by atoms with Gasteiger partial charge in [-0.1, -0.05) is 56.7 Å². The van der Waals surface area contributed by atoms with Crippen LogP contribution in [0.15, 0.2) is 36.4 Å². The molecule has 0 radical (unpaired) electrons. The van der Waals surface area contributed by atoms with E-state index in [4.69, 9.17) is 4.74 Å². The molecule has 30 heavy (non-hydrogen) atoms. The summed E-state index contributed by atoms with van der Waals surface area (Å²) in [6.45, 7) is 5.15. The summed E-state index contributed by atoms with van der Waals surface area (Å²) in [5, 5.41) is 19.8. The number of rotatable bonds is 8. The molecule has 156 valence electrons. The fourth-order valence-corrected chi connectivity index (χ4v) is 4.49. The first-order chi connectivity index (χ1) is 14.7. The fraction of sp³-hybridized carbons (Fsp3) is 0.481. The van der Waals surface area contributed by atoms with E-state index in [9.17, 15) is 10.5 Å². The van der Waals surface area contributed by atoms with Crippen LogP contribution in [0.3, 0.4) is 0 Å². The highest BCUT2D eigenvalue weighted by Gasteiger charge is 2.26. The molecule has 0 bridgehead atoms. The van der Waals surface area contributed by atoms with Crippen molar-refractivity contribution in [2.24, 2.45) is 0 Å². The Kier molecular flexibility index (Phi) is 8.06. The van der Waals surface area contributed by atoms with Gasteiger partial charge >= 0.3 is 0 Å². The molecule has 1 aliphatic rings. The molecular formula is C27H32N2O. The Morgan fingerprint density at radius 2 is 1.57 bits per heavy atom. The number of unbranched alkanes of at least 4 members (excludes halogenated alkanes) is 1. The van der Waals surface area contributed by atoms with Crippen molar-refractivity contribution >= 4 is 0 Å². The van der Waals surface area contributed by atoms with Crippen LogP contribution in [-0.4, -0.2) is 12.7 Å². The summed E-state index contributed by atoms with van der Waals surface area (Å²) in [7, 11) is 0. The molecule has 2 aromatic rings. The molecule has 3 rings (SSSR count). The molecule has 1 fully saturated rings. The standard InChI is InChI=1S/C27H32N2O/c1-3-5-6-20-7-9-21(10-8-20)24-15-16-25(27(19-29)26(24)18-28)22-11-13-23(14-12-22)30-17-4-2/h7-10,15-16,22-23H,3-6,11-14,17H2,1-2H3. The van der Waals surface area contributed by atoms with Gasteiger partial charge < -0.3 is 4.74 Å². The minimum Gasteiger partial charge on any atom is -0.378 e. The van der Waals surface area contributed by atoms with Gasteiger partial charge in [-0.2, -0.15) is 10.5 Å². The second kappa shape index (κ2) is 11.0. The van der Waals surface area contributed by atoms with Crippen molar-refractivity contribution in [3.63, 3.8) is 0 Å². The predicted octanol–water partition coefficient (Wildman–Crippen LogP) is 6.89.